The number of hydrogen-bond donors (Lipinski definition) is 2. The van der Waals surface area contributed by atoms with Crippen molar-refractivity contribution >= 4 is 7.82 Å². The van der Waals surface area contributed by atoms with Gasteiger partial charge in [0.05, 0.1) is 0 Å². The summed E-state index contributed by atoms with van der Waals surface area (Å²) in [5.41, 5.74) is 0. The molecule has 1 saturated heterocycles. The van der Waals surface area contributed by atoms with E-state index in [1.807, 2.05) is 4.90 Å². The standard InChI is InChI=1S/C5H12NO4P/c7-11(8,9)10-5-6-3-1-2-4-6/h1-5H2,(H2,7,8,9). The first kappa shape index (κ1) is 9.16. The van der Waals surface area contributed by atoms with Crippen molar-refractivity contribution in [2.24, 2.45) is 0 Å². The van der Waals surface area contributed by atoms with Crippen molar-refractivity contribution in [1.82, 2.24) is 4.90 Å². The van der Waals surface area contributed by atoms with E-state index in [2.05, 4.69) is 4.52 Å². The van der Waals surface area contributed by atoms with Crippen molar-refractivity contribution < 1.29 is 18.9 Å². The third-order valence-electron chi connectivity index (χ3n) is 1.61. The average Bonchev–Trinajstić information content (AvgIpc) is 2.32. The summed E-state index contributed by atoms with van der Waals surface area (Å²) in [6, 6.07) is 0. The fraction of sp³-hybridized carbons (Fsp3) is 1.00. The van der Waals surface area contributed by atoms with Crippen molar-refractivity contribution in [2.45, 2.75) is 12.8 Å². The van der Waals surface area contributed by atoms with Crippen LogP contribution in [0.2, 0.25) is 0 Å². The monoisotopic (exact) mass is 181 g/mol. The molecule has 0 aromatic carbocycles. The summed E-state index contributed by atoms with van der Waals surface area (Å²) in [6.45, 7) is 1.80. The predicted molar refractivity (Wildman–Crippen MR) is 38.8 cm³/mol. The van der Waals surface area contributed by atoms with E-state index in [4.69, 9.17) is 9.79 Å². The number of hydrogen-bond acceptors (Lipinski definition) is 3. The lowest BCUT2D eigenvalue weighted by molar-refractivity contribution is 0.109. The van der Waals surface area contributed by atoms with Crippen molar-refractivity contribution in [2.75, 3.05) is 19.8 Å². The number of nitrogens with zero attached hydrogens (tertiary/aromatic N) is 1. The zero-order valence-corrected chi connectivity index (χ0v) is 7.04. The quantitative estimate of drug-likeness (QED) is 0.606. The van der Waals surface area contributed by atoms with Crippen LogP contribution in [-0.4, -0.2) is 34.5 Å². The van der Waals surface area contributed by atoms with Crippen molar-refractivity contribution in [3.8, 4) is 0 Å². The second kappa shape index (κ2) is 3.65. The van der Waals surface area contributed by atoms with Gasteiger partial charge in [0.1, 0.15) is 6.73 Å². The molecule has 6 heteroatoms. The van der Waals surface area contributed by atoms with E-state index in [9.17, 15) is 4.57 Å². The molecule has 0 atom stereocenters. The van der Waals surface area contributed by atoms with Crippen molar-refractivity contribution in [1.29, 1.82) is 0 Å². The van der Waals surface area contributed by atoms with Crippen LogP contribution in [0.5, 0.6) is 0 Å². The van der Waals surface area contributed by atoms with Crippen LogP contribution >= 0.6 is 7.82 Å². The summed E-state index contributed by atoms with van der Waals surface area (Å²) in [5, 5.41) is 0. The summed E-state index contributed by atoms with van der Waals surface area (Å²) in [6.07, 6.45) is 2.18. The van der Waals surface area contributed by atoms with Gasteiger partial charge in [-0.3, -0.25) is 9.42 Å². The highest BCUT2D eigenvalue weighted by molar-refractivity contribution is 7.46. The maximum atomic E-state index is 10.2. The number of phosphoric acid groups is 1. The maximum absolute atomic E-state index is 10.2. The third-order valence-corrected chi connectivity index (χ3v) is 2.06. The molecule has 0 aromatic heterocycles. The highest BCUT2D eigenvalue weighted by Gasteiger charge is 2.18. The van der Waals surface area contributed by atoms with Crippen LogP contribution in [-0.2, 0) is 9.09 Å². The minimum atomic E-state index is -4.26. The number of phosphoric ester groups is 1. The molecular weight excluding hydrogens is 169 g/mol. The number of rotatable bonds is 3. The summed E-state index contributed by atoms with van der Waals surface area (Å²) in [4.78, 5) is 18.6. The molecular formula is C5H12NO4P. The zero-order chi connectivity index (χ0) is 8.32. The Hall–Kier alpha value is 0.0700. The van der Waals surface area contributed by atoms with Crippen LogP contribution in [0.3, 0.4) is 0 Å². The Morgan fingerprint density at radius 2 is 1.91 bits per heavy atom. The fourth-order valence-electron chi connectivity index (χ4n) is 1.07. The van der Waals surface area contributed by atoms with Gasteiger partial charge in [-0.05, 0) is 12.8 Å². The van der Waals surface area contributed by atoms with Gasteiger partial charge in [-0.2, -0.15) is 0 Å². The molecule has 1 fully saturated rings. The van der Waals surface area contributed by atoms with E-state index in [-0.39, 0.29) is 6.73 Å². The van der Waals surface area contributed by atoms with Gasteiger partial charge in [0, 0.05) is 13.1 Å². The Morgan fingerprint density at radius 3 is 2.36 bits per heavy atom. The molecule has 1 aliphatic rings. The zero-order valence-electron chi connectivity index (χ0n) is 6.14. The highest BCUT2D eigenvalue weighted by Crippen LogP contribution is 2.35. The highest BCUT2D eigenvalue weighted by atomic mass is 31.2. The first-order valence-electron chi connectivity index (χ1n) is 3.50. The van der Waals surface area contributed by atoms with Gasteiger partial charge in [-0.25, -0.2) is 4.57 Å². The first-order valence-corrected chi connectivity index (χ1v) is 5.03. The van der Waals surface area contributed by atoms with Crippen LogP contribution in [0.4, 0.5) is 0 Å². The molecule has 0 saturated carbocycles. The second-order valence-corrected chi connectivity index (χ2v) is 3.81. The lowest BCUT2D eigenvalue weighted by Gasteiger charge is -2.14. The van der Waals surface area contributed by atoms with E-state index in [0.717, 1.165) is 25.9 Å². The van der Waals surface area contributed by atoms with Crippen LogP contribution in [0.1, 0.15) is 12.8 Å². The summed E-state index contributed by atoms with van der Waals surface area (Å²) in [5.74, 6) is 0. The summed E-state index contributed by atoms with van der Waals surface area (Å²) < 4.78 is 14.5. The SMILES string of the molecule is O=P(O)(O)OCN1CCCC1. The smallest absolute Gasteiger partial charge is 0.303 e. The molecule has 0 radical (unpaired) electrons. The van der Waals surface area contributed by atoms with Gasteiger partial charge < -0.3 is 9.79 Å². The first-order chi connectivity index (χ1) is 5.08. The van der Waals surface area contributed by atoms with Gasteiger partial charge in [0.25, 0.3) is 0 Å². The van der Waals surface area contributed by atoms with Gasteiger partial charge in [0.2, 0.25) is 0 Å². The minimum absolute atomic E-state index is 0.0459. The molecule has 0 aliphatic carbocycles. The van der Waals surface area contributed by atoms with Gasteiger partial charge >= 0.3 is 7.82 Å². The second-order valence-electron chi connectivity index (χ2n) is 2.57. The Kier molecular flexibility index (Phi) is 3.04. The third kappa shape index (κ3) is 3.84. The Labute approximate surface area is 65.2 Å². The summed E-state index contributed by atoms with van der Waals surface area (Å²) >= 11 is 0. The van der Waals surface area contributed by atoms with Gasteiger partial charge in [-0.15, -0.1) is 0 Å². The van der Waals surface area contributed by atoms with E-state index >= 15 is 0 Å². The van der Waals surface area contributed by atoms with Crippen LogP contribution < -0.4 is 0 Å². The molecule has 66 valence electrons. The van der Waals surface area contributed by atoms with Crippen molar-refractivity contribution in [3.63, 3.8) is 0 Å². The van der Waals surface area contributed by atoms with E-state index in [1.54, 1.807) is 0 Å². The molecule has 11 heavy (non-hydrogen) atoms. The Balaban J connectivity index is 2.16. The molecule has 0 bridgehead atoms. The van der Waals surface area contributed by atoms with Crippen molar-refractivity contribution in [3.05, 3.63) is 0 Å². The van der Waals surface area contributed by atoms with E-state index in [1.165, 1.54) is 0 Å². The topological polar surface area (TPSA) is 70.0 Å². The van der Waals surface area contributed by atoms with Crippen LogP contribution in [0, 0.1) is 0 Å². The van der Waals surface area contributed by atoms with Crippen LogP contribution in [0.25, 0.3) is 0 Å². The molecule has 1 aliphatic heterocycles. The summed E-state index contributed by atoms with van der Waals surface area (Å²) in [7, 11) is -4.26. The molecule has 0 aromatic rings. The maximum Gasteiger partial charge on any atom is 0.470 e. The van der Waals surface area contributed by atoms with E-state index < -0.39 is 7.82 Å². The molecule has 2 N–H and O–H groups in total. The number of likely N-dealkylation sites (tertiary alicyclic amines) is 1. The predicted octanol–water partition coefficient (Wildman–Crippen LogP) is 0.149. The lowest BCUT2D eigenvalue weighted by Crippen LogP contribution is -2.21. The molecule has 1 heterocycles. The molecule has 5 nitrogen and oxygen atoms in total. The van der Waals surface area contributed by atoms with E-state index in [0.29, 0.717) is 0 Å². The normalized spacial score (nSPS) is 20.9. The van der Waals surface area contributed by atoms with Gasteiger partial charge in [0.15, 0.2) is 0 Å². The molecule has 1 rings (SSSR count). The lowest BCUT2D eigenvalue weighted by atomic mass is 10.4. The largest absolute Gasteiger partial charge is 0.470 e. The molecule has 0 amide bonds. The Morgan fingerprint density at radius 1 is 1.36 bits per heavy atom. The Bertz CT molecular complexity index is 162. The average molecular weight is 181 g/mol. The van der Waals surface area contributed by atoms with Crippen LogP contribution in [0.15, 0.2) is 0 Å². The molecule has 0 unspecified atom stereocenters. The molecule has 0 spiro atoms. The van der Waals surface area contributed by atoms with Gasteiger partial charge in [-0.1, -0.05) is 0 Å². The minimum Gasteiger partial charge on any atom is -0.303 e. The fourth-order valence-corrected chi connectivity index (χ4v) is 1.38.